The van der Waals surface area contributed by atoms with Gasteiger partial charge in [0.1, 0.15) is 5.71 Å². The number of fused-ring (bicyclic) bond motifs is 1. The smallest absolute Gasteiger partial charge is 0.284 e. The van der Waals surface area contributed by atoms with E-state index in [4.69, 9.17) is 5.84 Å². The Bertz CT molecular complexity index is 428. The van der Waals surface area contributed by atoms with E-state index in [9.17, 15) is 14.4 Å². The molecule has 5 N–H and O–H groups in total. The first-order valence-electron chi connectivity index (χ1n) is 4.35. The third-order valence-electron chi connectivity index (χ3n) is 2.14. The van der Waals surface area contributed by atoms with Gasteiger partial charge in [0.15, 0.2) is 12.1 Å². The average molecular weight is 224 g/mol. The highest BCUT2D eigenvalue weighted by molar-refractivity contribution is 6.61. The lowest BCUT2D eigenvalue weighted by molar-refractivity contribution is -0.136. The molecule has 2 aliphatic rings. The van der Waals surface area contributed by atoms with Crippen LogP contribution in [0.1, 0.15) is 0 Å². The first-order valence-corrected chi connectivity index (χ1v) is 4.35. The number of nitrogens with two attached hydrogens (primary N) is 1. The summed E-state index contributed by atoms with van der Waals surface area (Å²) in [4.78, 5) is 41.4. The Balaban J connectivity index is 2.29. The van der Waals surface area contributed by atoms with E-state index in [0.29, 0.717) is 0 Å². The SMILES string of the molecule is NNC(=O)C1=NC2C(=O)NNC(=O)C2N=C1. The van der Waals surface area contributed by atoms with Gasteiger partial charge in [-0.05, 0) is 0 Å². The molecule has 9 nitrogen and oxygen atoms in total. The third-order valence-corrected chi connectivity index (χ3v) is 2.14. The second kappa shape index (κ2) is 3.70. The molecule has 16 heavy (non-hydrogen) atoms. The fourth-order valence-corrected chi connectivity index (χ4v) is 1.36. The summed E-state index contributed by atoms with van der Waals surface area (Å²) in [6.07, 6.45) is 1.11. The standard InChI is InChI=1S/C7H8N6O3/c8-11-5(14)2-1-9-3-4(10-2)7(16)13-12-6(3)15/h1,3-4H,8H2,(H,11,14)(H,12,15)(H,13,16). The summed E-state index contributed by atoms with van der Waals surface area (Å²) >= 11 is 0. The molecule has 2 rings (SSSR count). The number of carbonyl (C=O) groups excluding carboxylic acids is 3. The molecular formula is C7H8N6O3. The molecule has 0 aromatic rings. The molecule has 2 aliphatic heterocycles. The molecule has 0 saturated carbocycles. The van der Waals surface area contributed by atoms with Crippen LogP contribution >= 0.6 is 0 Å². The Hall–Kier alpha value is -2.29. The van der Waals surface area contributed by atoms with Crippen LogP contribution in [0.2, 0.25) is 0 Å². The molecule has 1 saturated heterocycles. The lowest BCUT2D eigenvalue weighted by atomic mass is 10.0. The predicted molar refractivity (Wildman–Crippen MR) is 52.1 cm³/mol. The van der Waals surface area contributed by atoms with Gasteiger partial charge in [0, 0.05) is 0 Å². The summed E-state index contributed by atoms with van der Waals surface area (Å²) in [5.41, 5.74) is 6.04. The van der Waals surface area contributed by atoms with Crippen LogP contribution in [0, 0.1) is 0 Å². The maximum atomic E-state index is 11.4. The van der Waals surface area contributed by atoms with E-state index < -0.39 is 29.8 Å². The number of aliphatic imine (C=N–C) groups is 2. The van der Waals surface area contributed by atoms with Gasteiger partial charge in [-0.15, -0.1) is 0 Å². The molecular weight excluding hydrogens is 216 g/mol. The van der Waals surface area contributed by atoms with Gasteiger partial charge < -0.3 is 0 Å². The van der Waals surface area contributed by atoms with Crippen molar-refractivity contribution in [2.24, 2.45) is 15.8 Å². The van der Waals surface area contributed by atoms with Crippen LogP contribution in [0.5, 0.6) is 0 Å². The van der Waals surface area contributed by atoms with Crippen molar-refractivity contribution >= 4 is 29.6 Å². The first-order chi connectivity index (χ1) is 7.63. The van der Waals surface area contributed by atoms with Crippen molar-refractivity contribution < 1.29 is 14.4 Å². The van der Waals surface area contributed by atoms with Crippen LogP contribution in [-0.4, -0.2) is 41.7 Å². The summed E-state index contributed by atoms with van der Waals surface area (Å²) in [6.45, 7) is 0. The Morgan fingerprint density at radius 2 is 1.94 bits per heavy atom. The minimum Gasteiger partial charge on any atom is -0.289 e. The quantitative estimate of drug-likeness (QED) is 0.207. The summed E-state index contributed by atoms with van der Waals surface area (Å²) in [6, 6.07) is -1.95. The van der Waals surface area contributed by atoms with Crippen LogP contribution < -0.4 is 22.1 Å². The van der Waals surface area contributed by atoms with Crippen LogP contribution in [0.4, 0.5) is 0 Å². The number of nitrogens with one attached hydrogen (secondary N) is 3. The van der Waals surface area contributed by atoms with Gasteiger partial charge >= 0.3 is 0 Å². The minimum atomic E-state index is -1.02. The van der Waals surface area contributed by atoms with E-state index in [1.807, 2.05) is 5.43 Å². The Kier molecular flexibility index (Phi) is 2.37. The second-order valence-electron chi connectivity index (χ2n) is 3.13. The Labute approximate surface area is 89.1 Å². The summed E-state index contributed by atoms with van der Waals surface area (Å²) < 4.78 is 0. The number of rotatable bonds is 1. The van der Waals surface area contributed by atoms with Crippen molar-refractivity contribution in [3.63, 3.8) is 0 Å². The van der Waals surface area contributed by atoms with Gasteiger partial charge in [-0.2, -0.15) is 0 Å². The largest absolute Gasteiger partial charge is 0.289 e. The van der Waals surface area contributed by atoms with Crippen molar-refractivity contribution in [1.29, 1.82) is 0 Å². The second-order valence-corrected chi connectivity index (χ2v) is 3.13. The molecule has 2 atom stereocenters. The molecule has 2 heterocycles. The Morgan fingerprint density at radius 1 is 1.31 bits per heavy atom. The number of carbonyl (C=O) groups is 3. The van der Waals surface area contributed by atoms with E-state index in [2.05, 4.69) is 20.8 Å². The zero-order valence-corrected chi connectivity index (χ0v) is 7.93. The van der Waals surface area contributed by atoms with E-state index >= 15 is 0 Å². The molecule has 84 valence electrons. The number of hydrogen-bond donors (Lipinski definition) is 4. The summed E-state index contributed by atoms with van der Waals surface area (Å²) in [5.74, 6) is 3.25. The molecule has 9 heteroatoms. The van der Waals surface area contributed by atoms with Crippen LogP contribution in [-0.2, 0) is 14.4 Å². The number of nitrogens with zero attached hydrogens (tertiary/aromatic N) is 2. The van der Waals surface area contributed by atoms with Gasteiger partial charge in [-0.3, -0.25) is 40.6 Å². The maximum absolute atomic E-state index is 11.4. The van der Waals surface area contributed by atoms with Crippen molar-refractivity contribution in [1.82, 2.24) is 16.3 Å². The highest BCUT2D eigenvalue weighted by Crippen LogP contribution is 2.11. The molecule has 1 fully saturated rings. The number of hydrazine groups is 2. The van der Waals surface area contributed by atoms with E-state index in [1.54, 1.807) is 0 Å². The first kappa shape index (κ1) is 10.2. The topological polar surface area (TPSA) is 138 Å². The fourth-order valence-electron chi connectivity index (χ4n) is 1.36. The Morgan fingerprint density at radius 3 is 2.56 bits per heavy atom. The monoisotopic (exact) mass is 224 g/mol. The van der Waals surface area contributed by atoms with Crippen molar-refractivity contribution in [3.05, 3.63) is 0 Å². The highest BCUT2D eigenvalue weighted by atomic mass is 16.2. The maximum Gasteiger partial charge on any atom is 0.284 e. The molecule has 0 spiro atoms. The van der Waals surface area contributed by atoms with Crippen LogP contribution in [0.3, 0.4) is 0 Å². The molecule has 0 aromatic carbocycles. The highest BCUT2D eigenvalue weighted by Gasteiger charge is 2.40. The summed E-state index contributed by atoms with van der Waals surface area (Å²) in [7, 11) is 0. The van der Waals surface area contributed by atoms with Gasteiger partial charge in [-0.25, -0.2) is 5.84 Å². The summed E-state index contributed by atoms with van der Waals surface area (Å²) in [5, 5.41) is 0. The normalized spacial score (nSPS) is 27.4. The number of hydrogen-bond acceptors (Lipinski definition) is 6. The van der Waals surface area contributed by atoms with Crippen LogP contribution in [0.15, 0.2) is 9.98 Å². The van der Waals surface area contributed by atoms with Crippen LogP contribution in [0.25, 0.3) is 0 Å². The van der Waals surface area contributed by atoms with Gasteiger partial charge in [0.05, 0.1) is 6.21 Å². The lowest BCUT2D eigenvalue weighted by Gasteiger charge is -2.27. The van der Waals surface area contributed by atoms with Gasteiger partial charge in [-0.1, -0.05) is 0 Å². The van der Waals surface area contributed by atoms with E-state index in [1.165, 1.54) is 0 Å². The van der Waals surface area contributed by atoms with E-state index in [-0.39, 0.29) is 5.71 Å². The molecule has 0 aliphatic carbocycles. The zero-order valence-electron chi connectivity index (χ0n) is 7.93. The van der Waals surface area contributed by atoms with Crippen molar-refractivity contribution in [2.45, 2.75) is 12.1 Å². The zero-order chi connectivity index (χ0) is 11.7. The average Bonchev–Trinajstić information content (AvgIpc) is 2.32. The van der Waals surface area contributed by atoms with Gasteiger partial charge in [0.2, 0.25) is 0 Å². The molecule has 3 amide bonds. The van der Waals surface area contributed by atoms with Crippen molar-refractivity contribution in [2.75, 3.05) is 0 Å². The lowest BCUT2D eigenvalue weighted by Crippen LogP contribution is -2.62. The predicted octanol–water partition coefficient (Wildman–Crippen LogP) is -3.60. The molecule has 0 bridgehead atoms. The molecule has 0 radical (unpaired) electrons. The fraction of sp³-hybridized carbons (Fsp3) is 0.286. The minimum absolute atomic E-state index is 0.0893. The third kappa shape index (κ3) is 1.52. The van der Waals surface area contributed by atoms with Crippen molar-refractivity contribution in [3.8, 4) is 0 Å². The van der Waals surface area contributed by atoms with Gasteiger partial charge in [0.25, 0.3) is 17.7 Å². The number of amides is 3. The molecule has 0 aromatic heterocycles. The molecule has 2 unspecified atom stereocenters. The van der Waals surface area contributed by atoms with E-state index in [0.717, 1.165) is 6.21 Å².